The number of amides is 2. The third-order valence-electron chi connectivity index (χ3n) is 5.52. The predicted octanol–water partition coefficient (Wildman–Crippen LogP) is 3.17. The lowest BCUT2D eigenvalue weighted by Crippen LogP contribution is -2.37. The number of methoxy groups -OCH3 is 1. The molecule has 0 spiro atoms. The van der Waals surface area contributed by atoms with Gasteiger partial charge in [-0.05, 0) is 18.1 Å². The van der Waals surface area contributed by atoms with Gasteiger partial charge in [0.15, 0.2) is 0 Å². The number of hydrogen-bond donors (Lipinski definition) is 0. The molecule has 0 bridgehead atoms. The van der Waals surface area contributed by atoms with Crippen LogP contribution < -0.4 is 4.90 Å². The van der Waals surface area contributed by atoms with Gasteiger partial charge in [-0.2, -0.15) is 0 Å². The monoisotopic (exact) mass is 429 g/mol. The highest BCUT2D eigenvalue weighted by atomic mass is 32.1. The summed E-state index contributed by atoms with van der Waals surface area (Å²) in [6.45, 7) is 5.30. The van der Waals surface area contributed by atoms with Gasteiger partial charge in [-0.15, -0.1) is 11.3 Å². The maximum absolute atomic E-state index is 13.3. The maximum Gasteiger partial charge on any atom is 0.409 e. The van der Waals surface area contributed by atoms with Crippen molar-refractivity contribution in [1.82, 2.24) is 9.80 Å². The maximum atomic E-state index is 13.3. The third-order valence-corrected chi connectivity index (χ3v) is 6.71. The smallest absolute Gasteiger partial charge is 0.409 e. The van der Waals surface area contributed by atoms with Gasteiger partial charge in [-0.3, -0.25) is 4.79 Å². The van der Waals surface area contributed by atoms with Gasteiger partial charge in [-0.25, -0.2) is 4.79 Å². The zero-order chi connectivity index (χ0) is 20.9. The Labute approximate surface area is 180 Å². The van der Waals surface area contributed by atoms with Gasteiger partial charge < -0.3 is 24.2 Å². The van der Waals surface area contributed by atoms with Crippen molar-refractivity contribution in [3.8, 4) is 11.1 Å². The van der Waals surface area contributed by atoms with Crippen LogP contribution in [0.4, 0.5) is 9.80 Å². The van der Waals surface area contributed by atoms with Crippen molar-refractivity contribution in [2.45, 2.75) is 6.42 Å². The van der Waals surface area contributed by atoms with Gasteiger partial charge in [0.1, 0.15) is 0 Å². The van der Waals surface area contributed by atoms with Crippen LogP contribution in [0, 0.1) is 0 Å². The van der Waals surface area contributed by atoms with Crippen LogP contribution >= 0.6 is 11.3 Å². The molecule has 2 aliphatic rings. The molecule has 2 aliphatic heterocycles. The summed E-state index contributed by atoms with van der Waals surface area (Å²) in [5, 5.41) is 1.12. The molecule has 2 fully saturated rings. The first-order valence-electron chi connectivity index (χ1n) is 10.3. The van der Waals surface area contributed by atoms with E-state index in [-0.39, 0.29) is 12.0 Å². The van der Waals surface area contributed by atoms with Crippen molar-refractivity contribution in [2.75, 3.05) is 64.5 Å². The van der Waals surface area contributed by atoms with Crippen molar-refractivity contribution >= 4 is 28.3 Å². The molecule has 160 valence electrons. The van der Waals surface area contributed by atoms with E-state index in [0.29, 0.717) is 39.4 Å². The number of ether oxygens (including phenoxy) is 2. The molecule has 7 nitrogen and oxygen atoms in total. The Morgan fingerprint density at radius 3 is 2.40 bits per heavy atom. The van der Waals surface area contributed by atoms with Crippen molar-refractivity contribution in [3.05, 3.63) is 41.3 Å². The molecule has 0 aliphatic carbocycles. The molecule has 0 atom stereocenters. The van der Waals surface area contributed by atoms with Crippen LogP contribution in [0.25, 0.3) is 11.1 Å². The van der Waals surface area contributed by atoms with Crippen LogP contribution in [-0.2, 0) is 9.47 Å². The normalized spacial score (nSPS) is 17.6. The number of carbonyl (C=O) groups excluding carboxylic acids is 2. The SMILES string of the molecule is COC(=O)N1CCCN(C(=O)c2cc(-c3ccccc3)c(N3CCOCC3)s2)CC1. The second-order valence-electron chi connectivity index (χ2n) is 7.40. The summed E-state index contributed by atoms with van der Waals surface area (Å²) in [4.78, 5) is 31.7. The van der Waals surface area contributed by atoms with Crippen LogP contribution in [0.15, 0.2) is 36.4 Å². The van der Waals surface area contributed by atoms with Crippen molar-refractivity contribution in [2.24, 2.45) is 0 Å². The minimum atomic E-state index is -0.332. The van der Waals surface area contributed by atoms with E-state index in [1.54, 1.807) is 16.2 Å². The summed E-state index contributed by atoms with van der Waals surface area (Å²) in [5.41, 5.74) is 2.21. The fourth-order valence-electron chi connectivity index (χ4n) is 3.90. The highest BCUT2D eigenvalue weighted by Gasteiger charge is 2.27. The topological polar surface area (TPSA) is 62.3 Å². The molecule has 2 amide bonds. The molecule has 2 aromatic rings. The fourth-order valence-corrected chi connectivity index (χ4v) is 5.10. The molecule has 0 N–H and O–H groups in total. The minimum absolute atomic E-state index is 0.0309. The highest BCUT2D eigenvalue weighted by Crippen LogP contribution is 2.40. The van der Waals surface area contributed by atoms with Gasteiger partial charge >= 0.3 is 6.09 Å². The van der Waals surface area contributed by atoms with E-state index >= 15 is 0 Å². The lowest BCUT2D eigenvalue weighted by atomic mass is 10.1. The quantitative estimate of drug-likeness (QED) is 0.750. The average Bonchev–Trinajstić information content (AvgIpc) is 3.10. The Hall–Kier alpha value is -2.58. The van der Waals surface area contributed by atoms with Crippen LogP contribution in [0.1, 0.15) is 16.1 Å². The molecule has 8 heteroatoms. The molecule has 2 saturated heterocycles. The predicted molar refractivity (Wildman–Crippen MR) is 117 cm³/mol. The van der Waals surface area contributed by atoms with Crippen LogP contribution in [0.3, 0.4) is 0 Å². The van der Waals surface area contributed by atoms with Crippen LogP contribution in [0.2, 0.25) is 0 Å². The largest absolute Gasteiger partial charge is 0.453 e. The Morgan fingerprint density at radius 1 is 0.967 bits per heavy atom. The first-order chi connectivity index (χ1) is 14.7. The average molecular weight is 430 g/mol. The number of nitrogens with zero attached hydrogens (tertiary/aromatic N) is 3. The van der Waals surface area contributed by atoms with Crippen molar-refractivity contribution in [1.29, 1.82) is 0 Å². The van der Waals surface area contributed by atoms with E-state index < -0.39 is 0 Å². The molecule has 4 rings (SSSR count). The lowest BCUT2D eigenvalue weighted by Gasteiger charge is -2.28. The zero-order valence-corrected chi connectivity index (χ0v) is 18.0. The van der Waals surface area contributed by atoms with E-state index in [4.69, 9.17) is 9.47 Å². The number of hydrogen-bond acceptors (Lipinski definition) is 6. The van der Waals surface area contributed by atoms with Crippen molar-refractivity contribution in [3.63, 3.8) is 0 Å². The molecule has 3 heterocycles. The van der Waals surface area contributed by atoms with Crippen LogP contribution in [-0.4, -0.2) is 81.4 Å². The Morgan fingerprint density at radius 2 is 1.67 bits per heavy atom. The lowest BCUT2D eigenvalue weighted by molar-refractivity contribution is 0.0762. The van der Waals surface area contributed by atoms with Gasteiger partial charge in [0.2, 0.25) is 0 Å². The zero-order valence-electron chi connectivity index (χ0n) is 17.2. The summed E-state index contributed by atoms with van der Waals surface area (Å²) in [6.07, 6.45) is 0.412. The van der Waals surface area contributed by atoms with Gasteiger partial charge in [0, 0.05) is 44.8 Å². The Balaban J connectivity index is 1.58. The second kappa shape index (κ2) is 9.49. The first-order valence-corrected chi connectivity index (χ1v) is 11.1. The molecular weight excluding hydrogens is 402 g/mol. The van der Waals surface area contributed by atoms with E-state index in [0.717, 1.165) is 40.5 Å². The summed E-state index contributed by atoms with van der Waals surface area (Å²) in [7, 11) is 1.39. The van der Waals surface area contributed by atoms with E-state index in [1.165, 1.54) is 7.11 Å². The van der Waals surface area contributed by atoms with E-state index in [1.807, 2.05) is 29.2 Å². The Kier molecular flexibility index (Phi) is 6.54. The fraction of sp³-hybridized carbons (Fsp3) is 0.455. The molecule has 30 heavy (non-hydrogen) atoms. The number of rotatable bonds is 3. The number of morpholine rings is 1. The molecular formula is C22H27N3O4S. The summed E-state index contributed by atoms with van der Waals surface area (Å²) >= 11 is 1.55. The second-order valence-corrected chi connectivity index (χ2v) is 8.43. The number of thiophene rings is 1. The van der Waals surface area contributed by atoms with Crippen LogP contribution in [0.5, 0.6) is 0 Å². The molecule has 0 unspecified atom stereocenters. The minimum Gasteiger partial charge on any atom is -0.453 e. The molecule has 0 saturated carbocycles. The molecule has 0 radical (unpaired) electrons. The molecule has 1 aromatic carbocycles. The summed E-state index contributed by atoms with van der Waals surface area (Å²) in [6, 6.07) is 12.2. The number of benzene rings is 1. The third kappa shape index (κ3) is 4.44. The first kappa shape index (κ1) is 20.7. The highest BCUT2D eigenvalue weighted by molar-refractivity contribution is 7.18. The van der Waals surface area contributed by atoms with Gasteiger partial charge in [0.05, 0.1) is 30.2 Å². The number of carbonyl (C=O) groups is 2. The molecule has 1 aromatic heterocycles. The number of anilines is 1. The summed E-state index contributed by atoms with van der Waals surface area (Å²) < 4.78 is 10.3. The Bertz CT molecular complexity index is 880. The van der Waals surface area contributed by atoms with Gasteiger partial charge in [0.25, 0.3) is 5.91 Å². The van der Waals surface area contributed by atoms with Gasteiger partial charge in [-0.1, -0.05) is 30.3 Å². The van der Waals surface area contributed by atoms with E-state index in [2.05, 4.69) is 17.0 Å². The van der Waals surface area contributed by atoms with E-state index in [9.17, 15) is 9.59 Å². The van der Waals surface area contributed by atoms with Crippen molar-refractivity contribution < 1.29 is 19.1 Å². The summed E-state index contributed by atoms with van der Waals surface area (Å²) in [5.74, 6) is 0.0309. The standard InChI is InChI=1S/C22H27N3O4S/c1-28-22(27)25-9-5-8-23(10-11-25)20(26)19-16-18(17-6-3-2-4-7-17)21(30-19)24-12-14-29-15-13-24/h2-4,6-7,16H,5,8-15H2,1H3.